The van der Waals surface area contributed by atoms with Crippen LogP contribution < -0.4 is 0 Å². The van der Waals surface area contributed by atoms with Gasteiger partial charge >= 0.3 is 5.97 Å². The van der Waals surface area contributed by atoms with Crippen molar-refractivity contribution in [1.29, 1.82) is 0 Å². The third kappa shape index (κ3) is 2.21. The van der Waals surface area contributed by atoms with Crippen LogP contribution in [-0.4, -0.2) is 37.9 Å². The van der Waals surface area contributed by atoms with Gasteiger partial charge in [-0.15, -0.1) is 0 Å². The van der Waals surface area contributed by atoms with Crippen LogP contribution in [0.25, 0.3) is 0 Å². The zero-order valence-corrected chi connectivity index (χ0v) is 15.3. The zero-order chi connectivity index (χ0) is 17.9. The predicted octanol–water partition coefficient (Wildman–Crippen LogP) is 3.09. The minimum Gasteiger partial charge on any atom is -0.468 e. The highest BCUT2D eigenvalue weighted by Crippen LogP contribution is 2.63. The number of methoxy groups -OCH3 is 1. The van der Waals surface area contributed by atoms with Crippen molar-refractivity contribution in [3.05, 3.63) is 22.8 Å². The van der Waals surface area contributed by atoms with Crippen molar-refractivity contribution in [1.82, 2.24) is 0 Å². The molecule has 1 saturated carbocycles. The number of rotatable bonds is 1. The SMILES string of the molecule is COC(=O)[C@@]12CCC3=C(C)C(=O)CC[C@]3(C)C1=CCC1(C2)OCCO1. The van der Waals surface area contributed by atoms with Crippen molar-refractivity contribution >= 4 is 11.8 Å². The molecule has 1 saturated heterocycles. The van der Waals surface area contributed by atoms with E-state index >= 15 is 0 Å². The van der Waals surface area contributed by atoms with Crippen molar-refractivity contribution in [2.75, 3.05) is 20.3 Å². The van der Waals surface area contributed by atoms with Crippen LogP contribution in [0.4, 0.5) is 0 Å². The lowest BCUT2D eigenvalue weighted by atomic mass is 9.50. The lowest BCUT2D eigenvalue weighted by Crippen LogP contribution is -2.53. The molecule has 0 aromatic carbocycles. The van der Waals surface area contributed by atoms with Crippen LogP contribution in [0.5, 0.6) is 0 Å². The smallest absolute Gasteiger partial charge is 0.316 e. The van der Waals surface area contributed by atoms with Gasteiger partial charge in [0.25, 0.3) is 0 Å². The van der Waals surface area contributed by atoms with Crippen LogP contribution in [0.2, 0.25) is 0 Å². The number of allylic oxidation sites excluding steroid dienone is 2. The monoisotopic (exact) mass is 346 g/mol. The molecular weight excluding hydrogens is 320 g/mol. The molecule has 0 bridgehead atoms. The Labute approximate surface area is 148 Å². The molecule has 0 amide bonds. The average Bonchev–Trinajstić information content (AvgIpc) is 3.05. The van der Waals surface area contributed by atoms with Gasteiger partial charge in [0.2, 0.25) is 0 Å². The van der Waals surface area contributed by atoms with Crippen LogP contribution in [0, 0.1) is 10.8 Å². The minimum atomic E-state index is -0.712. The van der Waals surface area contributed by atoms with Crippen LogP contribution >= 0.6 is 0 Å². The molecular formula is C20H26O5. The maximum absolute atomic E-state index is 13.0. The third-order valence-corrected chi connectivity index (χ3v) is 6.88. The number of ether oxygens (including phenoxy) is 3. The molecule has 25 heavy (non-hydrogen) atoms. The highest BCUT2D eigenvalue weighted by molar-refractivity contribution is 5.97. The summed E-state index contributed by atoms with van der Waals surface area (Å²) in [6.45, 7) is 5.26. The van der Waals surface area contributed by atoms with E-state index in [0.717, 1.165) is 24.0 Å². The third-order valence-electron chi connectivity index (χ3n) is 6.88. The summed E-state index contributed by atoms with van der Waals surface area (Å²) in [5, 5.41) is 0. The molecule has 1 heterocycles. The molecule has 4 rings (SSSR count). The fourth-order valence-corrected chi connectivity index (χ4v) is 5.64. The molecule has 1 aliphatic heterocycles. The van der Waals surface area contributed by atoms with E-state index in [4.69, 9.17) is 14.2 Å². The van der Waals surface area contributed by atoms with E-state index in [9.17, 15) is 9.59 Å². The maximum Gasteiger partial charge on any atom is 0.316 e. The fraction of sp³-hybridized carbons (Fsp3) is 0.700. The molecule has 2 fully saturated rings. The first-order valence-corrected chi connectivity index (χ1v) is 9.18. The van der Waals surface area contributed by atoms with Gasteiger partial charge in [0, 0.05) is 24.7 Å². The first kappa shape index (κ1) is 17.0. The first-order chi connectivity index (χ1) is 11.9. The van der Waals surface area contributed by atoms with Crippen LogP contribution in [0.3, 0.4) is 0 Å². The van der Waals surface area contributed by atoms with Gasteiger partial charge in [-0.1, -0.05) is 18.6 Å². The number of fused-ring (bicyclic) bond motifs is 3. The van der Waals surface area contributed by atoms with Gasteiger partial charge < -0.3 is 14.2 Å². The lowest BCUT2D eigenvalue weighted by molar-refractivity contribution is -0.195. The van der Waals surface area contributed by atoms with Crippen LogP contribution in [0.15, 0.2) is 22.8 Å². The largest absolute Gasteiger partial charge is 0.468 e. The van der Waals surface area contributed by atoms with Gasteiger partial charge in [-0.05, 0) is 37.3 Å². The van der Waals surface area contributed by atoms with Crippen molar-refractivity contribution < 1.29 is 23.8 Å². The molecule has 0 N–H and O–H groups in total. The Hall–Kier alpha value is -1.46. The zero-order valence-electron chi connectivity index (χ0n) is 15.3. The van der Waals surface area contributed by atoms with Gasteiger partial charge in [0.15, 0.2) is 11.6 Å². The fourth-order valence-electron chi connectivity index (χ4n) is 5.64. The van der Waals surface area contributed by atoms with E-state index in [2.05, 4.69) is 13.0 Å². The van der Waals surface area contributed by atoms with Crippen molar-refractivity contribution in [2.24, 2.45) is 10.8 Å². The summed E-state index contributed by atoms with van der Waals surface area (Å²) < 4.78 is 17.1. The van der Waals surface area contributed by atoms with E-state index in [-0.39, 0.29) is 17.2 Å². The summed E-state index contributed by atoms with van der Waals surface area (Å²) in [6.07, 6.45) is 6.00. The molecule has 1 spiro atoms. The number of carbonyl (C=O) groups is 2. The van der Waals surface area contributed by atoms with Crippen LogP contribution in [0.1, 0.15) is 52.4 Å². The van der Waals surface area contributed by atoms with Crippen molar-refractivity contribution in [3.63, 3.8) is 0 Å². The predicted molar refractivity (Wildman–Crippen MR) is 90.7 cm³/mol. The molecule has 5 nitrogen and oxygen atoms in total. The van der Waals surface area contributed by atoms with E-state index in [1.165, 1.54) is 12.7 Å². The van der Waals surface area contributed by atoms with Gasteiger partial charge in [-0.25, -0.2) is 0 Å². The first-order valence-electron chi connectivity index (χ1n) is 9.18. The molecule has 3 aliphatic carbocycles. The summed E-state index contributed by atoms with van der Waals surface area (Å²) in [5.74, 6) is -0.658. The number of carbonyl (C=O) groups excluding carboxylic acids is 2. The Morgan fingerprint density at radius 2 is 1.92 bits per heavy atom. The van der Waals surface area contributed by atoms with E-state index in [1.54, 1.807) is 0 Å². The second-order valence-electron chi connectivity index (χ2n) is 8.04. The standard InChI is InChI=1S/C20H26O5/c1-13-14-4-8-19(17(22)23-3)12-20(24-10-11-25-20)9-6-16(19)18(14,2)7-5-15(13)21/h6H,4-5,7-12H2,1-3H3/t18-,19+/m0/s1. The van der Waals surface area contributed by atoms with E-state index in [1.807, 2.05) is 6.92 Å². The molecule has 0 unspecified atom stereocenters. The highest BCUT2D eigenvalue weighted by Gasteiger charge is 2.61. The van der Waals surface area contributed by atoms with Gasteiger partial charge in [-0.2, -0.15) is 0 Å². The maximum atomic E-state index is 13.0. The number of ketones is 1. The van der Waals surface area contributed by atoms with E-state index < -0.39 is 11.2 Å². The van der Waals surface area contributed by atoms with E-state index in [0.29, 0.717) is 38.9 Å². The Morgan fingerprint density at radius 1 is 1.20 bits per heavy atom. The molecule has 0 radical (unpaired) electrons. The summed E-state index contributed by atoms with van der Waals surface area (Å²) >= 11 is 0. The Balaban J connectivity index is 1.86. The van der Waals surface area contributed by atoms with Gasteiger partial charge in [0.1, 0.15) is 0 Å². The lowest BCUT2D eigenvalue weighted by Gasteiger charge is -2.54. The Kier molecular flexibility index (Phi) is 3.75. The van der Waals surface area contributed by atoms with Crippen molar-refractivity contribution in [3.8, 4) is 0 Å². The summed E-state index contributed by atoms with van der Waals surface area (Å²) in [4.78, 5) is 25.2. The Morgan fingerprint density at radius 3 is 2.60 bits per heavy atom. The molecule has 2 atom stereocenters. The number of hydrogen-bond acceptors (Lipinski definition) is 5. The molecule has 5 heteroatoms. The number of esters is 1. The molecule has 0 aromatic rings. The second kappa shape index (κ2) is 5.52. The van der Waals surface area contributed by atoms with Crippen molar-refractivity contribution in [2.45, 2.75) is 58.2 Å². The highest BCUT2D eigenvalue weighted by atomic mass is 16.7. The number of Topliss-reactive ketones (excluding diaryl/α,β-unsaturated/α-hetero) is 1. The Bertz CT molecular complexity index is 697. The van der Waals surface area contributed by atoms with Gasteiger partial charge in [0.05, 0.1) is 25.7 Å². The molecule has 0 aromatic heterocycles. The number of hydrogen-bond donors (Lipinski definition) is 0. The van der Waals surface area contributed by atoms with Gasteiger partial charge in [-0.3, -0.25) is 9.59 Å². The normalized spacial score (nSPS) is 36.8. The second-order valence-corrected chi connectivity index (χ2v) is 8.04. The topological polar surface area (TPSA) is 61.8 Å². The average molecular weight is 346 g/mol. The quantitative estimate of drug-likeness (QED) is 0.539. The summed E-state index contributed by atoms with van der Waals surface area (Å²) in [7, 11) is 1.45. The minimum absolute atomic E-state index is 0.202. The van der Waals surface area contributed by atoms with Crippen LogP contribution in [-0.2, 0) is 23.8 Å². The molecule has 136 valence electrons. The summed E-state index contributed by atoms with van der Waals surface area (Å²) in [5.41, 5.74) is 2.26. The molecule has 4 aliphatic rings. The summed E-state index contributed by atoms with van der Waals surface area (Å²) in [6, 6.07) is 0.